The standard InChI is InChI=1S/C7H8BrN3OS/c1-4-2-5(8)7(13-4)6(3-12)10-11-9/h2,6,12H,3H2,1H3. The molecule has 1 rings (SSSR count). The lowest BCUT2D eigenvalue weighted by atomic mass is 10.3. The highest BCUT2D eigenvalue weighted by molar-refractivity contribution is 9.10. The maximum atomic E-state index is 8.97. The highest BCUT2D eigenvalue weighted by Crippen LogP contribution is 2.33. The molecular weight excluding hydrogens is 254 g/mol. The molecule has 1 aromatic heterocycles. The molecule has 0 aliphatic heterocycles. The molecule has 0 saturated heterocycles. The van der Waals surface area contributed by atoms with Crippen LogP contribution in [0.5, 0.6) is 0 Å². The van der Waals surface area contributed by atoms with Gasteiger partial charge in [-0.15, -0.1) is 11.3 Å². The molecule has 0 spiro atoms. The minimum atomic E-state index is -0.474. The van der Waals surface area contributed by atoms with E-state index in [9.17, 15) is 0 Å². The molecule has 13 heavy (non-hydrogen) atoms. The maximum Gasteiger partial charge on any atom is 0.0960 e. The SMILES string of the molecule is Cc1cc(Br)c(C(CO)N=[N+]=[N-])s1. The van der Waals surface area contributed by atoms with Gasteiger partial charge < -0.3 is 5.11 Å². The van der Waals surface area contributed by atoms with Crippen LogP contribution >= 0.6 is 27.3 Å². The lowest BCUT2D eigenvalue weighted by Crippen LogP contribution is -1.97. The summed E-state index contributed by atoms with van der Waals surface area (Å²) in [6.45, 7) is 1.80. The zero-order chi connectivity index (χ0) is 9.84. The summed E-state index contributed by atoms with van der Waals surface area (Å²) in [5, 5.41) is 12.5. The van der Waals surface area contributed by atoms with Crippen molar-refractivity contribution in [3.05, 3.63) is 30.7 Å². The van der Waals surface area contributed by atoms with Crippen LogP contribution in [0, 0.1) is 6.92 Å². The summed E-state index contributed by atoms with van der Waals surface area (Å²) in [5.41, 5.74) is 8.26. The predicted molar refractivity (Wildman–Crippen MR) is 55.7 cm³/mol. The topological polar surface area (TPSA) is 69.0 Å². The fraction of sp³-hybridized carbons (Fsp3) is 0.429. The molecule has 1 heterocycles. The molecular formula is C7H8BrN3OS. The second-order valence-electron chi connectivity index (χ2n) is 2.47. The van der Waals surface area contributed by atoms with Gasteiger partial charge in [0.15, 0.2) is 0 Å². The molecule has 1 atom stereocenters. The van der Waals surface area contributed by atoms with Crippen LogP contribution in [-0.2, 0) is 0 Å². The van der Waals surface area contributed by atoms with Crippen molar-refractivity contribution >= 4 is 27.3 Å². The van der Waals surface area contributed by atoms with Gasteiger partial charge in [-0.3, -0.25) is 0 Å². The van der Waals surface area contributed by atoms with Gasteiger partial charge in [-0.25, -0.2) is 0 Å². The average molecular weight is 262 g/mol. The Morgan fingerprint density at radius 1 is 1.85 bits per heavy atom. The van der Waals surface area contributed by atoms with E-state index in [0.29, 0.717) is 0 Å². The van der Waals surface area contributed by atoms with Gasteiger partial charge in [-0.1, -0.05) is 5.11 Å². The Balaban J connectivity index is 3.03. The number of halogens is 1. The van der Waals surface area contributed by atoms with Crippen LogP contribution in [0.4, 0.5) is 0 Å². The monoisotopic (exact) mass is 261 g/mol. The largest absolute Gasteiger partial charge is 0.396 e. The van der Waals surface area contributed by atoms with Crippen LogP contribution in [0.25, 0.3) is 10.4 Å². The van der Waals surface area contributed by atoms with E-state index in [2.05, 4.69) is 26.0 Å². The molecule has 0 amide bonds. The van der Waals surface area contributed by atoms with E-state index >= 15 is 0 Å². The maximum absolute atomic E-state index is 8.97. The van der Waals surface area contributed by atoms with Gasteiger partial charge in [-0.05, 0) is 34.5 Å². The molecule has 1 unspecified atom stereocenters. The number of aliphatic hydroxyl groups excluding tert-OH is 1. The average Bonchev–Trinajstić information content (AvgIpc) is 2.41. The smallest absolute Gasteiger partial charge is 0.0960 e. The Kier molecular flexibility index (Phi) is 3.74. The normalized spacial score (nSPS) is 12.2. The third-order valence-corrected chi connectivity index (χ3v) is 3.57. The Morgan fingerprint density at radius 3 is 2.92 bits per heavy atom. The molecule has 0 radical (unpaired) electrons. The number of azide groups is 1. The van der Waals surface area contributed by atoms with E-state index in [1.54, 1.807) is 0 Å². The summed E-state index contributed by atoms with van der Waals surface area (Å²) in [5.74, 6) is 0. The molecule has 0 aliphatic carbocycles. The third kappa shape index (κ3) is 2.45. The number of thiophene rings is 1. The molecule has 0 aliphatic rings. The first kappa shape index (κ1) is 10.5. The van der Waals surface area contributed by atoms with Crippen LogP contribution in [0.2, 0.25) is 0 Å². The van der Waals surface area contributed by atoms with E-state index < -0.39 is 6.04 Å². The molecule has 1 N–H and O–H groups in total. The number of hydrogen-bond donors (Lipinski definition) is 1. The Hall–Kier alpha value is -0.550. The highest BCUT2D eigenvalue weighted by Gasteiger charge is 2.14. The molecule has 6 heteroatoms. The van der Waals surface area contributed by atoms with Gasteiger partial charge in [0.05, 0.1) is 12.6 Å². The van der Waals surface area contributed by atoms with Crippen LogP contribution in [-0.4, -0.2) is 11.7 Å². The Morgan fingerprint density at radius 2 is 2.54 bits per heavy atom. The molecule has 0 saturated carbocycles. The van der Waals surface area contributed by atoms with Crippen molar-refractivity contribution in [3.8, 4) is 0 Å². The number of nitrogens with zero attached hydrogens (tertiary/aromatic N) is 3. The number of aliphatic hydroxyl groups is 1. The summed E-state index contributed by atoms with van der Waals surface area (Å²) < 4.78 is 0.890. The van der Waals surface area contributed by atoms with Crippen molar-refractivity contribution in [1.82, 2.24) is 0 Å². The van der Waals surface area contributed by atoms with Gasteiger partial charge in [0, 0.05) is 19.1 Å². The zero-order valence-corrected chi connectivity index (χ0v) is 9.34. The zero-order valence-electron chi connectivity index (χ0n) is 6.94. The highest BCUT2D eigenvalue weighted by atomic mass is 79.9. The Bertz CT molecular complexity index is 346. The van der Waals surface area contributed by atoms with Crippen LogP contribution < -0.4 is 0 Å². The van der Waals surface area contributed by atoms with Crippen molar-refractivity contribution in [2.24, 2.45) is 5.11 Å². The molecule has 0 bridgehead atoms. The van der Waals surface area contributed by atoms with Crippen molar-refractivity contribution in [3.63, 3.8) is 0 Å². The molecule has 0 fully saturated rings. The first-order valence-electron chi connectivity index (χ1n) is 3.60. The van der Waals surface area contributed by atoms with E-state index in [4.69, 9.17) is 10.6 Å². The number of hydrogen-bond acceptors (Lipinski definition) is 3. The third-order valence-electron chi connectivity index (χ3n) is 1.50. The molecule has 1 aromatic rings. The van der Waals surface area contributed by atoms with E-state index in [1.807, 2.05) is 13.0 Å². The molecule has 4 nitrogen and oxygen atoms in total. The van der Waals surface area contributed by atoms with Gasteiger partial charge in [0.1, 0.15) is 0 Å². The van der Waals surface area contributed by atoms with Gasteiger partial charge in [0.25, 0.3) is 0 Å². The quantitative estimate of drug-likeness (QED) is 0.507. The minimum absolute atomic E-state index is 0.164. The minimum Gasteiger partial charge on any atom is -0.396 e. The first-order valence-corrected chi connectivity index (χ1v) is 5.21. The Labute approximate surface area is 88.0 Å². The van der Waals surface area contributed by atoms with Crippen molar-refractivity contribution in [2.75, 3.05) is 6.61 Å². The second kappa shape index (κ2) is 4.62. The van der Waals surface area contributed by atoms with Gasteiger partial charge >= 0.3 is 0 Å². The summed E-state index contributed by atoms with van der Waals surface area (Å²) in [6.07, 6.45) is 0. The van der Waals surface area contributed by atoms with Crippen molar-refractivity contribution in [1.29, 1.82) is 0 Å². The number of rotatable bonds is 3. The number of aryl methyl sites for hydroxylation is 1. The van der Waals surface area contributed by atoms with E-state index in [0.717, 1.165) is 14.2 Å². The molecule has 0 aromatic carbocycles. The lowest BCUT2D eigenvalue weighted by Gasteiger charge is -2.04. The van der Waals surface area contributed by atoms with Gasteiger partial charge in [-0.2, -0.15) is 0 Å². The van der Waals surface area contributed by atoms with Crippen LogP contribution in [0.3, 0.4) is 0 Å². The predicted octanol–water partition coefficient (Wildman–Crippen LogP) is 3.16. The summed E-state index contributed by atoms with van der Waals surface area (Å²) in [6, 6.07) is 1.47. The summed E-state index contributed by atoms with van der Waals surface area (Å²) in [7, 11) is 0. The first-order chi connectivity index (χ1) is 6.19. The van der Waals surface area contributed by atoms with Crippen molar-refractivity contribution < 1.29 is 5.11 Å². The molecule has 70 valence electrons. The summed E-state index contributed by atoms with van der Waals surface area (Å²) in [4.78, 5) is 4.68. The van der Waals surface area contributed by atoms with Crippen LogP contribution in [0.1, 0.15) is 15.8 Å². The fourth-order valence-corrected chi connectivity index (χ4v) is 2.90. The van der Waals surface area contributed by atoms with E-state index in [1.165, 1.54) is 11.3 Å². The second-order valence-corrected chi connectivity index (χ2v) is 4.61. The lowest BCUT2D eigenvalue weighted by molar-refractivity contribution is 0.269. The van der Waals surface area contributed by atoms with Gasteiger partial charge in [0.2, 0.25) is 0 Å². The summed E-state index contributed by atoms with van der Waals surface area (Å²) >= 11 is 4.86. The van der Waals surface area contributed by atoms with Crippen molar-refractivity contribution in [2.45, 2.75) is 13.0 Å². The van der Waals surface area contributed by atoms with Crippen LogP contribution in [0.15, 0.2) is 15.7 Å². The van der Waals surface area contributed by atoms with E-state index in [-0.39, 0.29) is 6.61 Å². The fourth-order valence-electron chi connectivity index (χ4n) is 0.963.